The Balaban J connectivity index is 1.61. The first kappa shape index (κ1) is 14.4. The van der Waals surface area contributed by atoms with Crippen molar-refractivity contribution in [2.24, 2.45) is 5.92 Å². The van der Waals surface area contributed by atoms with E-state index in [1.807, 2.05) is 19.3 Å². The van der Waals surface area contributed by atoms with Crippen molar-refractivity contribution in [1.29, 1.82) is 0 Å². The molecule has 0 amide bonds. The van der Waals surface area contributed by atoms with Gasteiger partial charge in [-0.25, -0.2) is 0 Å². The highest BCUT2D eigenvalue weighted by Gasteiger charge is 2.19. The Morgan fingerprint density at radius 2 is 2.05 bits per heavy atom. The van der Waals surface area contributed by atoms with E-state index in [1.165, 1.54) is 18.4 Å². The quantitative estimate of drug-likeness (QED) is 0.811. The van der Waals surface area contributed by atoms with Crippen molar-refractivity contribution in [1.82, 2.24) is 15.2 Å². The van der Waals surface area contributed by atoms with Gasteiger partial charge in [-0.15, -0.1) is 0 Å². The summed E-state index contributed by atoms with van der Waals surface area (Å²) in [5.41, 5.74) is 1.29. The molecule has 0 unspecified atom stereocenters. The highest BCUT2D eigenvalue weighted by Crippen LogP contribution is 2.16. The van der Waals surface area contributed by atoms with E-state index in [9.17, 15) is 5.11 Å². The van der Waals surface area contributed by atoms with E-state index in [1.54, 1.807) is 0 Å². The molecule has 106 valence electrons. The SMILES string of the molecule is C[C@@H](O)CN1CCC(CNCc2ccncc2)CC1. The van der Waals surface area contributed by atoms with Crippen molar-refractivity contribution in [2.75, 3.05) is 26.2 Å². The molecule has 19 heavy (non-hydrogen) atoms. The minimum Gasteiger partial charge on any atom is -0.392 e. The number of nitrogens with one attached hydrogen (secondary N) is 1. The molecule has 0 radical (unpaired) electrons. The van der Waals surface area contributed by atoms with Gasteiger partial charge >= 0.3 is 0 Å². The molecule has 1 aromatic heterocycles. The number of likely N-dealkylation sites (tertiary alicyclic amines) is 1. The second-order valence-corrected chi connectivity index (χ2v) is 5.58. The first-order valence-corrected chi connectivity index (χ1v) is 7.24. The van der Waals surface area contributed by atoms with Crippen molar-refractivity contribution in [2.45, 2.75) is 32.4 Å². The molecule has 1 aromatic rings. The molecule has 0 spiro atoms. The van der Waals surface area contributed by atoms with E-state index in [4.69, 9.17) is 0 Å². The van der Waals surface area contributed by atoms with Crippen molar-refractivity contribution in [3.63, 3.8) is 0 Å². The Bertz CT molecular complexity index is 348. The second kappa shape index (κ2) is 7.58. The van der Waals surface area contributed by atoms with Crippen molar-refractivity contribution in [3.8, 4) is 0 Å². The molecule has 2 rings (SSSR count). The number of hydrogen-bond acceptors (Lipinski definition) is 4. The van der Waals surface area contributed by atoms with Crippen LogP contribution in [0.5, 0.6) is 0 Å². The van der Waals surface area contributed by atoms with Crippen LogP contribution in [0.25, 0.3) is 0 Å². The van der Waals surface area contributed by atoms with Gasteiger partial charge < -0.3 is 15.3 Å². The summed E-state index contributed by atoms with van der Waals surface area (Å²) in [7, 11) is 0. The summed E-state index contributed by atoms with van der Waals surface area (Å²) < 4.78 is 0. The fourth-order valence-electron chi connectivity index (χ4n) is 2.67. The molecule has 1 atom stereocenters. The number of aliphatic hydroxyl groups is 1. The largest absolute Gasteiger partial charge is 0.392 e. The van der Waals surface area contributed by atoms with Gasteiger partial charge in [-0.1, -0.05) is 0 Å². The highest BCUT2D eigenvalue weighted by molar-refractivity contribution is 5.08. The van der Waals surface area contributed by atoms with Crippen LogP contribution in [-0.2, 0) is 6.54 Å². The smallest absolute Gasteiger partial charge is 0.0639 e. The maximum atomic E-state index is 9.38. The number of piperidine rings is 1. The number of pyridine rings is 1. The van der Waals surface area contributed by atoms with E-state index in [2.05, 4.69) is 27.3 Å². The van der Waals surface area contributed by atoms with Crippen LogP contribution in [0, 0.1) is 5.92 Å². The Hall–Kier alpha value is -0.970. The van der Waals surface area contributed by atoms with Crippen molar-refractivity contribution >= 4 is 0 Å². The van der Waals surface area contributed by atoms with Crippen molar-refractivity contribution < 1.29 is 5.11 Å². The first-order chi connectivity index (χ1) is 9.24. The zero-order valence-corrected chi connectivity index (χ0v) is 11.8. The molecule has 4 heteroatoms. The first-order valence-electron chi connectivity index (χ1n) is 7.24. The third-order valence-electron chi connectivity index (χ3n) is 3.74. The molecule has 1 aliphatic rings. The summed E-state index contributed by atoms with van der Waals surface area (Å²) in [6.07, 6.45) is 5.94. The Kier molecular flexibility index (Phi) is 5.76. The van der Waals surface area contributed by atoms with Crippen LogP contribution >= 0.6 is 0 Å². The molecule has 0 aromatic carbocycles. The maximum absolute atomic E-state index is 9.38. The summed E-state index contributed by atoms with van der Waals surface area (Å²) in [5, 5.41) is 12.9. The molecule has 2 N–H and O–H groups in total. The van der Waals surface area contributed by atoms with Crippen LogP contribution < -0.4 is 5.32 Å². The maximum Gasteiger partial charge on any atom is 0.0639 e. The lowest BCUT2D eigenvalue weighted by Gasteiger charge is -2.32. The van der Waals surface area contributed by atoms with Crippen LogP contribution in [0.15, 0.2) is 24.5 Å². The van der Waals surface area contributed by atoms with Gasteiger partial charge in [0.25, 0.3) is 0 Å². The minimum absolute atomic E-state index is 0.207. The Morgan fingerprint density at radius 3 is 2.68 bits per heavy atom. The number of β-amino-alcohol motifs (C(OH)–C–C–N with tert-alkyl or cyclic N) is 1. The monoisotopic (exact) mass is 263 g/mol. The van der Waals surface area contributed by atoms with Gasteiger partial charge in [0.1, 0.15) is 0 Å². The average Bonchev–Trinajstić information content (AvgIpc) is 2.41. The van der Waals surface area contributed by atoms with Crippen LogP contribution in [0.1, 0.15) is 25.3 Å². The molecule has 4 nitrogen and oxygen atoms in total. The van der Waals surface area contributed by atoms with Gasteiger partial charge in [0.2, 0.25) is 0 Å². The Labute approximate surface area is 115 Å². The topological polar surface area (TPSA) is 48.4 Å². The van der Waals surface area contributed by atoms with Gasteiger partial charge in [0.15, 0.2) is 0 Å². The molecule has 1 saturated heterocycles. The minimum atomic E-state index is -0.207. The number of aliphatic hydroxyl groups excluding tert-OH is 1. The van der Waals surface area contributed by atoms with E-state index >= 15 is 0 Å². The zero-order valence-electron chi connectivity index (χ0n) is 11.8. The summed E-state index contributed by atoms with van der Waals surface area (Å²) in [6, 6.07) is 4.11. The molecule has 0 saturated carbocycles. The van der Waals surface area contributed by atoms with Gasteiger partial charge in [-0.2, -0.15) is 0 Å². The standard InChI is InChI=1S/C15H25N3O/c1-13(19)12-18-8-4-15(5-9-18)11-17-10-14-2-6-16-7-3-14/h2-3,6-7,13,15,17,19H,4-5,8-12H2,1H3/t13-/m1/s1. The number of hydrogen-bond donors (Lipinski definition) is 2. The predicted octanol–water partition coefficient (Wildman–Crippen LogP) is 1.26. The van der Waals surface area contributed by atoms with E-state index in [0.717, 1.165) is 38.6 Å². The normalized spacial score (nSPS) is 19.5. The van der Waals surface area contributed by atoms with E-state index in [-0.39, 0.29) is 6.10 Å². The Morgan fingerprint density at radius 1 is 1.37 bits per heavy atom. The summed E-state index contributed by atoms with van der Waals surface area (Å²) in [4.78, 5) is 6.39. The molecule has 0 aliphatic carbocycles. The molecule has 2 heterocycles. The van der Waals surface area contributed by atoms with E-state index < -0.39 is 0 Å². The third kappa shape index (κ3) is 5.27. The van der Waals surface area contributed by atoms with Gasteiger partial charge in [-0.05, 0) is 63.0 Å². The average molecular weight is 263 g/mol. The fourth-order valence-corrected chi connectivity index (χ4v) is 2.67. The van der Waals surface area contributed by atoms with Gasteiger partial charge in [0.05, 0.1) is 6.10 Å². The number of nitrogens with zero attached hydrogens (tertiary/aromatic N) is 2. The molecule has 1 fully saturated rings. The summed E-state index contributed by atoms with van der Waals surface area (Å²) >= 11 is 0. The fraction of sp³-hybridized carbons (Fsp3) is 0.667. The molecular formula is C15H25N3O. The predicted molar refractivity (Wildman–Crippen MR) is 76.8 cm³/mol. The van der Waals surface area contributed by atoms with E-state index in [0.29, 0.717) is 0 Å². The summed E-state index contributed by atoms with van der Waals surface area (Å²) in [6.45, 7) is 6.93. The van der Waals surface area contributed by atoms with Gasteiger partial charge in [0, 0.05) is 25.5 Å². The molecule has 0 bridgehead atoms. The highest BCUT2D eigenvalue weighted by atomic mass is 16.3. The molecule has 1 aliphatic heterocycles. The third-order valence-corrected chi connectivity index (χ3v) is 3.74. The lowest BCUT2D eigenvalue weighted by atomic mass is 9.96. The lowest BCUT2D eigenvalue weighted by molar-refractivity contribution is 0.0998. The van der Waals surface area contributed by atoms with Crippen LogP contribution in [0.4, 0.5) is 0 Å². The second-order valence-electron chi connectivity index (χ2n) is 5.58. The molecular weight excluding hydrogens is 238 g/mol. The number of aromatic nitrogens is 1. The van der Waals surface area contributed by atoms with Crippen LogP contribution in [0.3, 0.4) is 0 Å². The van der Waals surface area contributed by atoms with Crippen LogP contribution in [0.2, 0.25) is 0 Å². The van der Waals surface area contributed by atoms with Gasteiger partial charge in [-0.3, -0.25) is 4.98 Å². The summed E-state index contributed by atoms with van der Waals surface area (Å²) in [5.74, 6) is 0.770. The number of rotatable bonds is 6. The van der Waals surface area contributed by atoms with Crippen LogP contribution in [-0.4, -0.2) is 47.3 Å². The zero-order chi connectivity index (χ0) is 13.5. The van der Waals surface area contributed by atoms with Crippen molar-refractivity contribution in [3.05, 3.63) is 30.1 Å². The lowest BCUT2D eigenvalue weighted by Crippen LogP contribution is -2.40.